The standard InChI is InChI=1S/C16H20O3/c1-18-11-7-10-8-14(17)12-5-3-4-6-13(12)16(10)15(9-11)19-2/h7,9,12-13H,3-6,8H2,1-2H3/t12-,13-/m0/s1. The second-order valence-corrected chi connectivity index (χ2v) is 5.54. The summed E-state index contributed by atoms with van der Waals surface area (Å²) >= 11 is 0. The maximum Gasteiger partial charge on any atom is 0.140 e. The fraction of sp³-hybridized carbons (Fsp3) is 0.562. The minimum Gasteiger partial charge on any atom is -0.497 e. The van der Waals surface area contributed by atoms with Crippen LogP contribution >= 0.6 is 0 Å². The van der Waals surface area contributed by atoms with Crippen LogP contribution in [0.25, 0.3) is 0 Å². The van der Waals surface area contributed by atoms with Gasteiger partial charge in [0.1, 0.15) is 17.3 Å². The maximum atomic E-state index is 12.3. The van der Waals surface area contributed by atoms with E-state index in [4.69, 9.17) is 9.47 Å². The molecule has 1 fully saturated rings. The number of benzene rings is 1. The summed E-state index contributed by atoms with van der Waals surface area (Å²) in [4.78, 5) is 12.3. The van der Waals surface area contributed by atoms with Crippen molar-refractivity contribution in [1.29, 1.82) is 0 Å². The number of hydrogen-bond acceptors (Lipinski definition) is 3. The highest BCUT2D eigenvalue weighted by Crippen LogP contribution is 2.48. The third-order valence-corrected chi connectivity index (χ3v) is 4.57. The van der Waals surface area contributed by atoms with Crippen LogP contribution in [-0.2, 0) is 11.2 Å². The zero-order chi connectivity index (χ0) is 13.4. The van der Waals surface area contributed by atoms with Crippen LogP contribution in [0.2, 0.25) is 0 Å². The fourth-order valence-electron chi connectivity index (χ4n) is 3.69. The van der Waals surface area contributed by atoms with E-state index in [0.29, 0.717) is 18.1 Å². The SMILES string of the molecule is COc1cc2c(c(OC)c1)[C@H]1CCCC[C@@H]1C(=O)C2. The first kappa shape index (κ1) is 12.5. The van der Waals surface area contributed by atoms with E-state index in [1.165, 1.54) is 18.4 Å². The molecular weight excluding hydrogens is 240 g/mol. The molecule has 0 heterocycles. The quantitative estimate of drug-likeness (QED) is 0.819. The second kappa shape index (κ2) is 4.87. The minimum absolute atomic E-state index is 0.212. The van der Waals surface area contributed by atoms with Gasteiger partial charge in [-0.1, -0.05) is 12.8 Å². The molecule has 1 aromatic carbocycles. The zero-order valence-corrected chi connectivity index (χ0v) is 11.6. The number of ketones is 1. The van der Waals surface area contributed by atoms with Crippen molar-refractivity contribution in [3.05, 3.63) is 23.3 Å². The van der Waals surface area contributed by atoms with E-state index in [1.807, 2.05) is 12.1 Å². The highest BCUT2D eigenvalue weighted by molar-refractivity contribution is 5.87. The molecule has 0 bridgehead atoms. The summed E-state index contributed by atoms with van der Waals surface area (Å²) in [6, 6.07) is 3.95. The largest absolute Gasteiger partial charge is 0.497 e. The van der Waals surface area contributed by atoms with Crippen molar-refractivity contribution < 1.29 is 14.3 Å². The highest BCUT2D eigenvalue weighted by atomic mass is 16.5. The lowest BCUT2D eigenvalue weighted by atomic mass is 9.67. The number of fused-ring (bicyclic) bond motifs is 3. The number of hydrogen-bond donors (Lipinski definition) is 0. The van der Waals surface area contributed by atoms with Gasteiger partial charge in [-0.05, 0) is 30.4 Å². The molecule has 0 radical (unpaired) electrons. The predicted octanol–water partition coefficient (Wildman–Crippen LogP) is 3.10. The van der Waals surface area contributed by atoms with Gasteiger partial charge in [-0.2, -0.15) is 0 Å². The predicted molar refractivity (Wildman–Crippen MR) is 73.0 cm³/mol. The molecule has 3 rings (SSSR count). The molecule has 1 saturated carbocycles. The Morgan fingerprint density at radius 1 is 1.05 bits per heavy atom. The van der Waals surface area contributed by atoms with E-state index in [9.17, 15) is 4.79 Å². The minimum atomic E-state index is 0.212. The number of methoxy groups -OCH3 is 2. The van der Waals surface area contributed by atoms with E-state index >= 15 is 0 Å². The van der Waals surface area contributed by atoms with E-state index in [2.05, 4.69) is 0 Å². The van der Waals surface area contributed by atoms with Crippen molar-refractivity contribution in [3.8, 4) is 11.5 Å². The summed E-state index contributed by atoms with van der Waals surface area (Å²) in [7, 11) is 3.35. The number of carbonyl (C=O) groups is 1. The average Bonchev–Trinajstić information content (AvgIpc) is 2.46. The van der Waals surface area contributed by atoms with Gasteiger partial charge in [-0.15, -0.1) is 0 Å². The molecule has 0 aromatic heterocycles. The summed E-state index contributed by atoms with van der Waals surface area (Å²) < 4.78 is 10.9. The summed E-state index contributed by atoms with van der Waals surface area (Å²) in [5.41, 5.74) is 2.36. The maximum absolute atomic E-state index is 12.3. The third kappa shape index (κ3) is 2.01. The lowest BCUT2D eigenvalue weighted by Gasteiger charge is -2.37. The Hall–Kier alpha value is -1.51. The molecule has 0 N–H and O–H groups in total. The first-order valence-electron chi connectivity index (χ1n) is 7.02. The molecule has 102 valence electrons. The van der Waals surface area contributed by atoms with Gasteiger partial charge in [-0.25, -0.2) is 0 Å². The average molecular weight is 260 g/mol. The molecule has 3 nitrogen and oxygen atoms in total. The first-order valence-corrected chi connectivity index (χ1v) is 7.02. The smallest absolute Gasteiger partial charge is 0.140 e. The van der Waals surface area contributed by atoms with Gasteiger partial charge in [0.05, 0.1) is 14.2 Å². The number of carbonyl (C=O) groups excluding carboxylic acids is 1. The Kier molecular flexibility index (Phi) is 3.21. The Bertz CT molecular complexity index is 507. The lowest BCUT2D eigenvalue weighted by molar-refractivity contribution is -0.124. The van der Waals surface area contributed by atoms with Gasteiger partial charge >= 0.3 is 0 Å². The van der Waals surface area contributed by atoms with Gasteiger partial charge in [0.2, 0.25) is 0 Å². The van der Waals surface area contributed by atoms with Crippen LogP contribution in [0.5, 0.6) is 11.5 Å². The Morgan fingerprint density at radius 3 is 2.47 bits per heavy atom. The van der Waals surface area contributed by atoms with Crippen molar-refractivity contribution in [2.24, 2.45) is 5.92 Å². The Balaban J connectivity index is 2.12. The molecule has 1 aromatic rings. The molecule has 0 saturated heterocycles. The molecule has 0 amide bonds. The van der Waals surface area contributed by atoms with Crippen molar-refractivity contribution in [1.82, 2.24) is 0 Å². The molecule has 3 heteroatoms. The van der Waals surface area contributed by atoms with Crippen LogP contribution in [0.4, 0.5) is 0 Å². The number of Topliss-reactive ketones (excluding diaryl/α,β-unsaturated/α-hetero) is 1. The van der Waals surface area contributed by atoms with Gasteiger partial charge in [0, 0.05) is 24.0 Å². The Labute approximate surface area is 113 Å². The first-order chi connectivity index (χ1) is 9.24. The van der Waals surface area contributed by atoms with Crippen molar-refractivity contribution in [3.63, 3.8) is 0 Å². The molecular formula is C16H20O3. The second-order valence-electron chi connectivity index (χ2n) is 5.54. The van der Waals surface area contributed by atoms with Crippen LogP contribution < -0.4 is 9.47 Å². The van der Waals surface area contributed by atoms with E-state index < -0.39 is 0 Å². The third-order valence-electron chi connectivity index (χ3n) is 4.57. The number of ether oxygens (including phenoxy) is 2. The monoisotopic (exact) mass is 260 g/mol. The van der Waals surface area contributed by atoms with Gasteiger partial charge in [0.25, 0.3) is 0 Å². The van der Waals surface area contributed by atoms with Crippen LogP contribution in [0.3, 0.4) is 0 Å². The van der Waals surface area contributed by atoms with Crippen LogP contribution in [0.15, 0.2) is 12.1 Å². The van der Waals surface area contributed by atoms with Crippen molar-refractivity contribution >= 4 is 5.78 Å². The lowest BCUT2D eigenvalue weighted by Crippen LogP contribution is -2.32. The zero-order valence-electron chi connectivity index (χ0n) is 11.6. The normalized spacial score (nSPS) is 25.5. The Morgan fingerprint density at radius 2 is 1.79 bits per heavy atom. The van der Waals surface area contributed by atoms with Crippen LogP contribution in [0.1, 0.15) is 42.7 Å². The van der Waals surface area contributed by atoms with Crippen LogP contribution in [0, 0.1) is 5.92 Å². The summed E-state index contributed by atoms with van der Waals surface area (Å²) in [6.45, 7) is 0. The summed E-state index contributed by atoms with van der Waals surface area (Å²) in [5, 5.41) is 0. The van der Waals surface area contributed by atoms with Crippen molar-refractivity contribution in [2.45, 2.75) is 38.0 Å². The van der Waals surface area contributed by atoms with E-state index in [0.717, 1.165) is 29.9 Å². The van der Waals surface area contributed by atoms with Gasteiger partial charge in [-0.3, -0.25) is 4.79 Å². The molecule has 2 aliphatic carbocycles. The number of rotatable bonds is 2. The molecule has 0 aliphatic heterocycles. The van der Waals surface area contributed by atoms with Crippen LogP contribution in [-0.4, -0.2) is 20.0 Å². The van der Waals surface area contributed by atoms with E-state index in [-0.39, 0.29) is 5.92 Å². The van der Waals surface area contributed by atoms with Crippen molar-refractivity contribution in [2.75, 3.05) is 14.2 Å². The molecule has 0 unspecified atom stereocenters. The van der Waals surface area contributed by atoms with Gasteiger partial charge in [0.15, 0.2) is 0 Å². The summed E-state index contributed by atoms with van der Waals surface area (Å²) in [5.74, 6) is 2.62. The molecule has 2 aliphatic rings. The highest BCUT2D eigenvalue weighted by Gasteiger charge is 2.39. The molecule has 2 atom stereocenters. The summed E-state index contributed by atoms with van der Waals surface area (Å²) in [6.07, 6.45) is 5.07. The fourth-order valence-corrected chi connectivity index (χ4v) is 3.69. The van der Waals surface area contributed by atoms with Gasteiger partial charge < -0.3 is 9.47 Å². The molecule has 19 heavy (non-hydrogen) atoms. The molecule has 0 spiro atoms. The van der Waals surface area contributed by atoms with E-state index in [1.54, 1.807) is 14.2 Å². The topological polar surface area (TPSA) is 35.5 Å².